The lowest BCUT2D eigenvalue weighted by Gasteiger charge is -2.24. The Balaban J connectivity index is 1.78. The summed E-state index contributed by atoms with van der Waals surface area (Å²) in [4.78, 5) is 6.86. The minimum atomic E-state index is 0.302. The van der Waals surface area contributed by atoms with Crippen molar-refractivity contribution in [3.05, 3.63) is 65.3 Å². The van der Waals surface area contributed by atoms with Crippen molar-refractivity contribution in [2.45, 2.75) is 26.2 Å². The summed E-state index contributed by atoms with van der Waals surface area (Å²) in [6.45, 7) is 8.38. The molecule has 0 spiro atoms. The predicted octanol–water partition coefficient (Wildman–Crippen LogP) is 5.52. The molecule has 0 bridgehead atoms. The maximum atomic E-state index is 9.64. The third kappa shape index (κ3) is 5.15. The van der Waals surface area contributed by atoms with Crippen LogP contribution in [-0.4, -0.2) is 41.2 Å². The third-order valence-corrected chi connectivity index (χ3v) is 5.53. The molecule has 0 aliphatic heterocycles. The molecule has 1 heterocycles. The van der Waals surface area contributed by atoms with Crippen LogP contribution in [-0.2, 0) is 0 Å². The number of anilines is 1. The third-order valence-electron chi connectivity index (χ3n) is 5.30. The van der Waals surface area contributed by atoms with Crippen LogP contribution in [0.3, 0.4) is 0 Å². The standard InChI is InChI=1S/C23H28ClN3O/c1-3-27(4-2)14-12-18(17-5-8-20(28)9-6-17)16-26-22-11-13-25-23-15-19(24)7-10-21(22)23/h5-11,13,15,18,28H,3-4,12,14,16H2,1-2H3,(H,25,26)/t18-/m1/s1. The number of phenols is 1. The first-order chi connectivity index (χ1) is 13.6. The zero-order chi connectivity index (χ0) is 19.9. The first-order valence-corrected chi connectivity index (χ1v) is 10.3. The number of hydrogen-bond acceptors (Lipinski definition) is 4. The molecule has 0 amide bonds. The fourth-order valence-electron chi connectivity index (χ4n) is 3.52. The van der Waals surface area contributed by atoms with Crippen LogP contribution in [0.4, 0.5) is 5.69 Å². The van der Waals surface area contributed by atoms with E-state index in [9.17, 15) is 5.11 Å². The van der Waals surface area contributed by atoms with Gasteiger partial charge >= 0.3 is 0 Å². The number of benzene rings is 2. The number of nitrogens with zero attached hydrogens (tertiary/aromatic N) is 2. The summed E-state index contributed by atoms with van der Waals surface area (Å²) in [7, 11) is 0. The van der Waals surface area contributed by atoms with Crippen LogP contribution in [0, 0.1) is 0 Å². The Kier molecular flexibility index (Phi) is 7.12. The topological polar surface area (TPSA) is 48.4 Å². The molecule has 3 rings (SSSR count). The zero-order valence-corrected chi connectivity index (χ0v) is 17.3. The fraction of sp³-hybridized carbons (Fsp3) is 0.348. The lowest BCUT2D eigenvalue weighted by Crippen LogP contribution is -2.26. The zero-order valence-electron chi connectivity index (χ0n) is 16.5. The summed E-state index contributed by atoms with van der Waals surface area (Å²) < 4.78 is 0. The van der Waals surface area contributed by atoms with E-state index in [-0.39, 0.29) is 0 Å². The first kappa shape index (κ1) is 20.4. The predicted molar refractivity (Wildman–Crippen MR) is 118 cm³/mol. The molecule has 0 saturated heterocycles. The SMILES string of the molecule is CCN(CC)CC[C@H](CNc1ccnc2cc(Cl)ccc12)c1ccc(O)cc1. The Morgan fingerprint density at radius 2 is 1.82 bits per heavy atom. The first-order valence-electron chi connectivity index (χ1n) is 9.90. The van der Waals surface area contributed by atoms with Gasteiger partial charge in [-0.3, -0.25) is 4.98 Å². The number of aromatic hydroxyl groups is 1. The van der Waals surface area contributed by atoms with Gasteiger partial charge in [0, 0.05) is 34.8 Å². The van der Waals surface area contributed by atoms with Crippen molar-refractivity contribution in [2.24, 2.45) is 0 Å². The molecular weight excluding hydrogens is 370 g/mol. The van der Waals surface area contributed by atoms with Crippen molar-refractivity contribution in [2.75, 3.05) is 31.5 Å². The Morgan fingerprint density at radius 3 is 2.54 bits per heavy atom. The molecule has 5 heteroatoms. The highest BCUT2D eigenvalue weighted by Gasteiger charge is 2.14. The van der Waals surface area contributed by atoms with Crippen molar-refractivity contribution >= 4 is 28.2 Å². The molecule has 2 N–H and O–H groups in total. The summed E-state index contributed by atoms with van der Waals surface area (Å²) in [6, 6.07) is 15.4. The van der Waals surface area contributed by atoms with E-state index in [0.29, 0.717) is 16.7 Å². The van der Waals surface area contributed by atoms with Gasteiger partial charge in [-0.1, -0.05) is 37.6 Å². The van der Waals surface area contributed by atoms with Gasteiger partial charge in [0.1, 0.15) is 5.75 Å². The molecule has 4 nitrogen and oxygen atoms in total. The van der Waals surface area contributed by atoms with Gasteiger partial charge < -0.3 is 15.3 Å². The Morgan fingerprint density at radius 1 is 1.07 bits per heavy atom. The number of halogens is 1. The second kappa shape index (κ2) is 9.76. The van der Waals surface area contributed by atoms with Crippen molar-refractivity contribution in [1.29, 1.82) is 0 Å². The van der Waals surface area contributed by atoms with Crippen LogP contribution >= 0.6 is 11.6 Å². The maximum Gasteiger partial charge on any atom is 0.115 e. The molecule has 0 unspecified atom stereocenters. The molecule has 0 aliphatic carbocycles. The highest BCUT2D eigenvalue weighted by atomic mass is 35.5. The van der Waals surface area contributed by atoms with Gasteiger partial charge in [-0.15, -0.1) is 0 Å². The average molecular weight is 398 g/mol. The highest BCUT2D eigenvalue weighted by molar-refractivity contribution is 6.31. The largest absolute Gasteiger partial charge is 0.508 e. The molecule has 1 aromatic heterocycles. The highest BCUT2D eigenvalue weighted by Crippen LogP contribution is 2.27. The van der Waals surface area contributed by atoms with Crippen LogP contribution in [0.25, 0.3) is 10.9 Å². The van der Waals surface area contributed by atoms with E-state index >= 15 is 0 Å². The van der Waals surface area contributed by atoms with Crippen molar-refractivity contribution in [1.82, 2.24) is 9.88 Å². The van der Waals surface area contributed by atoms with Crippen LogP contribution in [0.2, 0.25) is 5.02 Å². The molecular formula is C23H28ClN3O. The van der Waals surface area contributed by atoms with Gasteiger partial charge in [0.25, 0.3) is 0 Å². The van der Waals surface area contributed by atoms with Gasteiger partial charge in [0.05, 0.1) is 5.52 Å². The molecule has 0 aliphatic rings. The second-order valence-electron chi connectivity index (χ2n) is 7.00. The number of hydrogen-bond donors (Lipinski definition) is 2. The van der Waals surface area contributed by atoms with E-state index in [1.165, 1.54) is 5.56 Å². The Labute approximate surface area is 172 Å². The summed E-state index contributed by atoms with van der Waals surface area (Å²) in [6.07, 6.45) is 2.86. The molecule has 148 valence electrons. The smallest absolute Gasteiger partial charge is 0.115 e. The number of phenolic OH excluding ortho intramolecular Hbond substituents is 1. The van der Waals surface area contributed by atoms with Gasteiger partial charge in [0.2, 0.25) is 0 Å². The van der Waals surface area contributed by atoms with Gasteiger partial charge in [-0.25, -0.2) is 0 Å². The minimum Gasteiger partial charge on any atom is -0.508 e. The van der Waals surface area contributed by atoms with E-state index in [4.69, 9.17) is 11.6 Å². The Hall–Kier alpha value is -2.30. The fourth-order valence-corrected chi connectivity index (χ4v) is 3.69. The van der Waals surface area contributed by atoms with Crippen LogP contribution in [0.1, 0.15) is 31.7 Å². The number of pyridine rings is 1. The molecule has 0 radical (unpaired) electrons. The Bertz CT molecular complexity index is 894. The summed E-state index contributed by atoms with van der Waals surface area (Å²) in [5.41, 5.74) is 3.19. The summed E-state index contributed by atoms with van der Waals surface area (Å²) >= 11 is 6.10. The number of nitrogens with one attached hydrogen (secondary N) is 1. The van der Waals surface area contributed by atoms with Gasteiger partial charge in [-0.05, 0) is 68.0 Å². The quantitative estimate of drug-likeness (QED) is 0.499. The van der Waals surface area contributed by atoms with E-state index in [1.54, 1.807) is 12.1 Å². The number of aromatic nitrogens is 1. The normalized spacial score (nSPS) is 12.4. The molecule has 0 fully saturated rings. The van der Waals surface area contributed by atoms with Crippen LogP contribution in [0.5, 0.6) is 5.75 Å². The lowest BCUT2D eigenvalue weighted by molar-refractivity contribution is 0.291. The van der Waals surface area contributed by atoms with Crippen molar-refractivity contribution in [3.63, 3.8) is 0 Å². The molecule has 28 heavy (non-hydrogen) atoms. The second-order valence-corrected chi connectivity index (χ2v) is 7.44. The van der Waals surface area contributed by atoms with E-state index in [1.807, 2.05) is 42.6 Å². The number of fused-ring (bicyclic) bond motifs is 1. The molecule has 3 aromatic rings. The van der Waals surface area contributed by atoms with E-state index in [2.05, 4.69) is 29.0 Å². The number of rotatable bonds is 9. The van der Waals surface area contributed by atoms with Gasteiger partial charge in [-0.2, -0.15) is 0 Å². The summed E-state index contributed by atoms with van der Waals surface area (Å²) in [5, 5.41) is 15.0. The minimum absolute atomic E-state index is 0.302. The van der Waals surface area contributed by atoms with Crippen LogP contribution < -0.4 is 5.32 Å². The molecule has 0 saturated carbocycles. The van der Waals surface area contributed by atoms with E-state index in [0.717, 1.165) is 49.2 Å². The maximum absolute atomic E-state index is 9.64. The van der Waals surface area contributed by atoms with Gasteiger partial charge in [0.15, 0.2) is 0 Å². The molecule has 2 aromatic carbocycles. The monoisotopic (exact) mass is 397 g/mol. The van der Waals surface area contributed by atoms with Crippen molar-refractivity contribution < 1.29 is 5.11 Å². The average Bonchev–Trinajstić information content (AvgIpc) is 2.71. The van der Waals surface area contributed by atoms with Crippen LogP contribution in [0.15, 0.2) is 54.7 Å². The van der Waals surface area contributed by atoms with Crippen molar-refractivity contribution in [3.8, 4) is 5.75 Å². The van der Waals surface area contributed by atoms with E-state index < -0.39 is 0 Å². The lowest BCUT2D eigenvalue weighted by atomic mass is 9.95. The summed E-state index contributed by atoms with van der Waals surface area (Å²) in [5.74, 6) is 0.646. The molecule has 1 atom stereocenters.